The number of esters is 2. The van der Waals surface area contributed by atoms with Crippen LogP contribution in [0.3, 0.4) is 0 Å². The Morgan fingerprint density at radius 1 is 0.416 bits per heavy atom. The van der Waals surface area contributed by atoms with Gasteiger partial charge in [-0.1, -0.05) is 252 Å². The normalized spacial score (nSPS) is 14.0. The predicted octanol–water partition coefficient (Wildman–Crippen LogP) is 19.8. The van der Waals surface area contributed by atoms with E-state index in [1.165, 1.54) is 103 Å². The number of nitrogens with zero attached hydrogens (tertiary/aromatic N) is 1. The van der Waals surface area contributed by atoms with Gasteiger partial charge in [-0.2, -0.15) is 0 Å². The molecule has 1 N–H and O–H groups in total. The lowest BCUT2D eigenvalue weighted by atomic mass is 10.0. The first-order valence-electron chi connectivity index (χ1n) is 31.1. The third-order valence-corrected chi connectivity index (χ3v) is 14.0. The summed E-state index contributed by atoms with van der Waals surface area (Å²) in [5, 5.41) is 0. The molecule has 2 atom stereocenters. The number of phosphoric ester groups is 1. The van der Waals surface area contributed by atoms with Gasteiger partial charge in [-0.25, -0.2) is 4.57 Å². The highest BCUT2D eigenvalue weighted by molar-refractivity contribution is 7.47. The van der Waals surface area contributed by atoms with Gasteiger partial charge < -0.3 is 18.9 Å². The minimum Gasteiger partial charge on any atom is -0.462 e. The highest BCUT2D eigenvalue weighted by Gasteiger charge is 2.27. The summed E-state index contributed by atoms with van der Waals surface area (Å²) in [4.78, 5) is 35.6. The third kappa shape index (κ3) is 61.7. The third-order valence-electron chi connectivity index (χ3n) is 13.0. The number of hydrogen-bond donors (Lipinski definition) is 1. The Kier molecular flexibility index (Phi) is 54.9. The summed E-state index contributed by atoms with van der Waals surface area (Å²) in [6.45, 7) is 4.26. The summed E-state index contributed by atoms with van der Waals surface area (Å²) in [6, 6.07) is 0. The lowest BCUT2D eigenvalue weighted by Crippen LogP contribution is -2.37. The lowest BCUT2D eigenvalue weighted by Gasteiger charge is -2.24. The van der Waals surface area contributed by atoms with Gasteiger partial charge >= 0.3 is 19.8 Å². The number of carbonyl (C=O) groups is 2. The minimum absolute atomic E-state index is 0.0264. The Morgan fingerprint density at radius 3 is 1.10 bits per heavy atom. The van der Waals surface area contributed by atoms with Crippen molar-refractivity contribution in [3.63, 3.8) is 0 Å². The van der Waals surface area contributed by atoms with Crippen LogP contribution in [0.25, 0.3) is 0 Å². The Balaban J connectivity index is 3.99. The number of carbonyl (C=O) groups excluding carboxylic acids is 2. The van der Waals surface area contributed by atoms with E-state index in [0.717, 1.165) is 116 Å². The van der Waals surface area contributed by atoms with E-state index in [2.05, 4.69) is 123 Å². The fourth-order valence-electron chi connectivity index (χ4n) is 8.25. The van der Waals surface area contributed by atoms with Crippen LogP contribution in [-0.2, 0) is 32.7 Å². The Bertz CT molecular complexity index is 1670. The number of unbranched alkanes of at least 4 members (excludes halogenated alkanes) is 24. The van der Waals surface area contributed by atoms with Crippen LogP contribution in [0.5, 0.6) is 0 Å². The van der Waals surface area contributed by atoms with Crippen LogP contribution in [0.4, 0.5) is 0 Å². The summed E-state index contributed by atoms with van der Waals surface area (Å²) in [7, 11) is 1.46. The molecule has 0 spiro atoms. The topological polar surface area (TPSA) is 108 Å². The van der Waals surface area contributed by atoms with E-state index >= 15 is 0 Å². The number of ether oxygens (including phenoxy) is 2. The molecule has 77 heavy (non-hydrogen) atoms. The number of likely N-dealkylation sites (N-methyl/N-ethyl adjacent to an activating group) is 1. The largest absolute Gasteiger partial charge is 0.472 e. The first kappa shape index (κ1) is 73.7. The Hall–Kier alpha value is -3.33. The summed E-state index contributed by atoms with van der Waals surface area (Å²) in [6.07, 6.45) is 80.4. The first-order chi connectivity index (χ1) is 37.5. The molecule has 10 heteroatoms. The second-order valence-corrected chi connectivity index (χ2v) is 23.2. The number of hydrogen-bond acceptors (Lipinski definition) is 7. The first-order valence-corrected chi connectivity index (χ1v) is 32.6. The second-order valence-electron chi connectivity index (χ2n) is 21.7. The average Bonchev–Trinajstić information content (AvgIpc) is 3.39. The van der Waals surface area contributed by atoms with Crippen molar-refractivity contribution < 1.29 is 42.1 Å². The van der Waals surface area contributed by atoms with Crippen LogP contribution in [0.15, 0.2) is 109 Å². The van der Waals surface area contributed by atoms with Crippen molar-refractivity contribution in [3.8, 4) is 0 Å². The average molecular weight is 1100 g/mol. The second kappa shape index (κ2) is 57.4. The molecule has 0 bridgehead atoms. The van der Waals surface area contributed by atoms with Crippen molar-refractivity contribution in [3.05, 3.63) is 109 Å². The molecule has 2 unspecified atom stereocenters. The number of quaternary nitrogens is 1. The van der Waals surface area contributed by atoms with Crippen LogP contribution in [-0.4, -0.2) is 74.9 Å². The zero-order chi connectivity index (χ0) is 56.3. The molecule has 0 heterocycles. The van der Waals surface area contributed by atoms with Gasteiger partial charge in [0.1, 0.15) is 19.8 Å². The Morgan fingerprint density at radius 2 is 0.740 bits per heavy atom. The number of rotatable bonds is 56. The fraction of sp³-hybridized carbons (Fsp3) is 0.701. The zero-order valence-corrected chi connectivity index (χ0v) is 51.1. The highest BCUT2D eigenvalue weighted by atomic mass is 31.2. The van der Waals surface area contributed by atoms with Gasteiger partial charge in [-0.3, -0.25) is 18.6 Å². The molecular formula is C67H117NO8P+. The van der Waals surface area contributed by atoms with E-state index in [0.29, 0.717) is 17.4 Å². The molecule has 0 rings (SSSR count). The quantitative estimate of drug-likeness (QED) is 0.0211. The van der Waals surface area contributed by atoms with Crippen LogP contribution < -0.4 is 0 Å². The molecule has 0 saturated heterocycles. The molecule has 0 fully saturated rings. The molecule has 0 aliphatic rings. The highest BCUT2D eigenvalue weighted by Crippen LogP contribution is 2.43. The van der Waals surface area contributed by atoms with Gasteiger partial charge in [-0.15, -0.1) is 0 Å². The SMILES string of the molecule is CC/C=C\C/C=C\C/C=C\C/C=C\C/C=C\C/C=C\C/C=C\CCCCCCCCCCCCCCCCCCCC(=O)OC(COC(=O)CCCCCCC/C=C\C/C=C\CCCC)COP(=O)(O)OCC[N+](C)(C)C. The van der Waals surface area contributed by atoms with Crippen LogP contribution >= 0.6 is 7.82 Å². The molecular weight excluding hydrogens is 978 g/mol. The summed E-state index contributed by atoms with van der Waals surface area (Å²) in [5.41, 5.74) is 0. The molecule has 9 nitrogen and oxygen atoms in total. The van der Waals surface area contributed by atoms with E-state index in [9.17, 15) is 19.0 Å². The summed E-state index contributed by atoms with van der Waals surface area (Å²) >= 11 is 0. The maximum Gasteiger partial charge on any atom is 0.472 e. The fourth-order valence-corrected chi connectivity index (χ4v) is 8.99. The van der Waals surface area contributed by atoms with Crippen molar-refractivity contribution in [2.24, 2.45) is 0 Å². The Labute approximate surface area is 474 Å². The molecule has 0 radical (unpaired) electrons. The molecule has 0 aromatic rings. The lowest BCUT2D eigenvalue weighted by molar-refractivity contribution is -0.870. The van der Waals surface area contributed by atoms with Crippen molar-refractivity contribution in [1.29, 1.82) is 0 Å². The van der Waals surface area contributed by atoms with E-state index < -0.39 is 26.5 Å². The maximum atomic E-state index is 12.8. The smallest absolute Gasteiger partial charge is 0.462 e. The molecule has 0 aliphatic heterocycles. The van der Waals surface area contributed by atoms with Gasteiger partial charge in [0.2, 0.25) is 0 Å². The predicted molar refractivity (Wildman–Crippen MR) is 330 cm³/mol. The van der Waals surface area contributed by atoms with Gasteiger partial charge in [0.25, 0.3) is 0 Å². The van der Waals surface area contributed by atoms with Crippen molar-refractivity contribution in [1.82, 2.24) is 0 Å². The maximum absolute atomic E-state index is 12.8. The van der Waals surface area contributed by atoms with E-state index in [-0.39, 0.29) is 32.0 Å². The zero-order valence-electron chi connectivity index (χ0n) is 50.2. The van der Waals surface area contributed by atoms with E-state index in [1.807, 2.05) is 21.1 Å². The molecule has 0 aliphatic carbocycles. The van der Waals surface area contributed by atoms with Crippen LogP contribution in [0.1, 0.15) is 251 Å². The van der Waals surface area contributed by atoms with Gasteiger partial charge in [0.15, 0.2) is 6.10 Å². The molecule has 0 saturated carbocycles. The molecule has 0 aromatic heterocycles. The van der Waals surface area contributed by atoms with E-state index in [1.54, 1.807) is 0 Å². The monoisotopic (exact) mass is 1090 g/mol. The van der Waals surface area contributed by atoms with Crippen molar-refractivity contribution in [2.45, 2.75) is 258 Å². The van der Waals surface area contributed by atoms with Crippen molar-refractivity contribution >= 4 is 19.8 Å². The van der Waals surface area contributed by atoms with Crippen molar-refractivity contribution in [2.75, 3.05) is 47.5 Å². The molecule has 0 amide bonds. The number of phosphoric acid groups is 1. The van der Waals surface area contributed by atoms with Gasteiger partial charge in [0, 0.05) is 12.8 Å². The molecule has 0 aromatic carbocycles. The van der Waals surface area contributed by atoms with Crippen LogP contribution in [0, 0.1) is 0 Å². The summed E-state index contributed by atoms with van der Waals surface area (Å²) in [5.74, 6) is -0.813. The van der Waals surface area contributed by atoms with Gasteiger partial charge in [-0.05, 0) is 96.3 Å². The number of allylic oxidation sites excluding steroid dienone is 18. The van der Waals surface area contributed by atoms with Crippen LogP contribution in [0.2, 0.25) is 0 Å². The summed E-state index contributed by atoms with van der Waals surface area (Å²) < 4.78 is 34.5. The van der Waals surface area contributed by atoms with Gasteiger partial charge in [0.05, 0.1) is 27.7 Å². The van der Waals surface area contributed by atoms with E-state index in [4.69, 9.17) is 18.5 Å². The standard InChI is InChI=1S/C67H116NO8P/c1-6-8-10-12-14-16-18-20-22-23-24-25-26-27-28-29-30-31-32-33-34-35-36-37-38-39-40-41-42-43-44-45-46-48-50-52-54-56-58-60-67(70)76-65(64-75-77(71,72)74-62-61-68(3,4)5)63-73-66(69)59-57-55-53-51-49-47-21-19-17-15-13-11-9-7-2/h8,10,13-16,19-22,24-25,27-28,30-31,33-34,65H,6-7,9,11-12,17-18,23,26,29,32,35-64H2,1-5H3/p+1/b10-8-,15-13-,16-14-,21-19-,22-20-,25-24-,28-27-,31-30-,34-33-. The molecule has 442 valence electrons. The minimum atomic E-state index is -4.39.